The molecule has 1 aliphatic rings. The lowest BCUT2D eigenvalue weighted by Crippen LogP contribution is -2.21. The zero-order valence-corrected chi connectivity index (χ0v) is 8.43. The summed E-state index contributed by atoms with van der Waals surface area (Å²) in [5.41, 5.74) is 7.75. The first-order valence-electron chi connectivity index (χ1n) is 4.92. The zero-order valence-electron chi connectivity index (χ0n) is 8.43. The molecule has 0 unspecified atom stereocenters. The van der Waals surface area contributed by atoms with Gasteiger partial charge >= 0.3 is 0 Å². The highest BCUT2D eigenvalue weighted by Crippen LogP contribution is 2.21. The number of nitrogens with zero attached hydrogens (tertiary/aromatic N) is 1. The highest BCUT2D eigenvalue weighted by molar-refractivity contribution is 5.54. The Morgan fingerprint density at radius 2 is 2.00 bits per heavy atom. The van der Waals surface area contributed by atoms with Crippen LogP contribution in [0.5, 0.6) is 5.75 Å². The van der Waals surface area contributed by atoms with E-state index in [1.807, 2.05) is 24.4 Å². The summed E-state index contributed by atoms with van der Waals surface area (Å²) in [4.78, 5) is 2.10. The van der Waals surface area contributed by atoms with Gasteiger partial charge in [0.05, 0.1) is 0 Å². The molecule has 0 bridgehead atoms. The van der Waals surface area contributed by atoms with E-state index in [2.05, 4.69) is 11.0 Å². The normalized spacial score (nSPS) is 15.3. The van der Waals surface area contributed by atoms with E-state index in [0.29, 0.717) is 6.54 Å². The molecule has 1 aliphatic heterocycles. The molecule has 3 nitrogen and oxygen atoms in total. The van der Waals surface area contributed by atoms with Crippen molar-refractivity contribution < 1.29 is 5.11 Å². The minimum Gasteiger partial charge on any atom is -0.508 e. The first kappa shape index (κ1) is 9.80. The molecule has 1 aromatic rings. The molecule has 3 N–H and O–H groups in total. The predicted octanol–water partition coefficient (Wildman–Crippen LogP) is 1.61. The van der Waals surface area contributed by atoms with E-state index >= 15 is 0 Å². The Balaban J connectivity index is 2.22. The first-order chi connectivity index (χ1) is 7.29. The van der Waals surface area contributed by atoms with E-state index < -0.39 is 0 Å². The van der Waals surface area contributed by atoms with E-state index in [9.17, 15) is 5.11 Å². The third-order valence-electron chi connectivity index (χ3n) is 2.37. The Hall–Kier alpha value is -1.74. The third-order valence-corrected chi connectivity index (χ3v) is 2.37. The minimum atomic E-state index is 0.286. The molecule has 78 valence electrons. The van der Waals surface area contributed by atoms with Gasteiger partial charge in [-0.2, -0.15) is 0 Å². The molecule has 0 spiro atoms. The van der Waals surface area contributed by atoms with Crippen LogP contribution in [0.2, 0.25) is 0 Å². The highest BCUT2D eigenvalue weighted by atomic mass is 16.3. The minimum absolute atomic E-state index is 0.286. The van der Waals surface area contributed by atoms with Crippen LogP contribution >= 0.6 is 0 Å². The molecule has 0 saturated carbocycles. The van der Waals surface area contributed by atoms with Crippen LogP contribution in [-0.2, 0) is 0 Å². The van der Waals surface area contributed by atoms with E-state index in [0.717, 1.165) is 17.8 Å². The van der Waals surface area contributed by atoms with Crippen molar-refractivity contribution in [1.29, 1.82) is 0 Å². The SMILES string of the molecule is NCC1=CN(c2ccc(O)cc2)CC=C1. The van der Waals surface area contributed by atoms with Gasteiger partial charge in [-0.1, -0.05) is 12.2 Å². The number of phenolic OH excluding ortho intramolecular Hbond substituents is 1. The van der Waals surface area contributed by atoms with Crippen molar-refractivity contribution in [2.75, 3.05) is 18.0 Å². The van der Waals surface area contributed by atoms with Gasteiger partial charge in [0.1, 0.15) is 5.75 Å². The summed E-state index contributed by atoms with van der Waals surface area (Å²) < 4.78 is 0. The number of aromatic hydroxyl groups is 1. The summed E-state index contributed by atoms with van der Waals surface area (Å²) in [5.74, 6) is 0.286. The second kappa shape index (κ2) is 4.19. The van der Waals surface area contributed by atoms with Gasteiger partial charge < -0.3 is 15.7 Å². The molecule has 0 fully saturated rings. The Morgan fingerprint density at radius 1 is 1.27 bits per heavy atom. The monoisotopic (exact) mass is 202 g/mol. The number of hydrogen-bond donors (Lipinski definition) is 2. The quantitative estimate of drug-likeness (QED) is 0.766. The van der Waals surface area contributed by atoms with Gasteiger partial charge in [-0.3, -0.25) is 0 Å². The number of rotatable bonds is 2. The third kappa shape index (κ3) is 2.19. The van der Waals surface area contributed by atoms with Crippen molar-refractivity contribution in [2.45, 2.75) is 0 Å². The van der Waals surface area contributed by atoms with Gasteiger partial charge in [0.15, 0.2) is 0 Å². The van der Waals surface area contributed by atoms with Crippen molar-refractivity contribution in [1.82, 2.24) is 0 Å². The van der Waals surface area contributed by atoms with Crippen LogP contribution in [0.1, 0.15) is 0 Å². The van der Waals surface area contributed by atoms with Crippen LogP contribution in [0.4, 0.5) is 5.69 Å². The molecule has 15 heavy (non-hydrogen) atoms. The Bertz CT molecular complexity index is 393. The van der Waals surface area contributed by atoms with Crippen molar-refractivity contribution in [2.24, 2.45) is 5.73 Å². The van der Waals surface area contributed by atoms with Gasteiger partial charge in [0.25, 0.3) is 0 Å². The summed E-state index contributed by atoms with van der Waals surface area (Å²) in [6, 6.07) is 7.14. The van der Waals surface area contributed by atoms with Gasteiger partial charge in [-0.05, 0) is 29.8 Å². The molecule has 1 aromatic carbocycles. The molecule has 0 amide bonds. The van der Waals surface area contributed by atoms with Crippen molar-refractivity contribution in [3.05, 3.63) is 48.2 Å². The molecule has 0 atom stereocenters. The standard InChI is InChI=1S/C12H14N2O/c13-8-10-2-1-7-14(9-10)11-3-5-12(15)6-4-11/h1-6,9,15H,7-8,13H2. The molecule has 2 rings (SSSR count). The molecular weight excluding hydrogens is 188 g/mol. The topological polar surface area (TPSA) is 49.5 Å². The number of phenols is 1. The van der Waals surface area contributed by atoms with Crippen LogP contribution in [0, 0.1) is 0 Å². The average Bonchev–Trinajstić information content (AvgIpc) is 2.30. The van der Waals surface area contributed by atoms with E-state index in [4.69, 9.17) is 5.73 Å². The molecule has 0 radical (unpaired) electrons. The smallest absolute Gasteiger partial charge is 0.115 e. The van der Waals surface area contributed by atoms with Crippen molar-refractivity contribution in [3.63, 3.8) is 0 Å². The number of hydrogen-bond acceptors (Lipinski definition) is 3. The predicted molar refractivity (Wildman–Crippen MR) is 61.7 cm³/mol. The summed E-state index contributed by atoms with van der Waals surface area (Å²) in [5, 5.41) is 9.19. The molecule has 0 aromatic heterocycles. The second-order valence-electron chi connectivity index (χ2n) is 3.48. The highest BCUT2D eigenvalue weighted by Gasteiger charge is 2.06. The van der Waals surface area contributed by atoms with Crippen LogP contribution in [0.25, 0.3) is 0 Å². The second-order valence-corrected chi connectivity index (χ2v) is 3.48. The fourth-order valence-corrected chi connectivity index (χ4v) is 1.56. The van der Waals surface area contributed by atoms with Gasteiger partial charge in [-0.25, -0.2) is 0 Å². The van der Waals surface area contributed by atoms with Gasteiger partial charge in [-0.15, -0.1) is 0 Å². The maximum Gasteiger partial charge on any atom is 0.115 e. The average molecular weight is 202 g/mol. The molecular formula is C12H14N2O. The largest absolute Gasteiger partial charge is 0.508 e. The Morgan fingerprint density at radius 3 is 2.67 bits per heavy atom. The fraction of sp³-hybridized carbons (Fsp3) is 0.167. The van der Waals surface area contributed by atoms with Gasteiger partial charge in [0, 0.05) is 25.0 Å². The number of nitrogens with two attached hydrogens (primary N) is 1. The number of benzene rings is 1. The molecule has 0 saturated heterocycles. The molecule has 1 heterocycles. The lowest BCUT2D eigenvalue weighted by atomic mass is 10.2. The van der Waals surface area contributed by atoms with E-state index in [1.165, 1.54) is 0 Å². The lowest BCUT2D eigenvalue weighted by molar-refractivity contribution is 0.475. The first-order valence-corrected chi connectivity index (χ1v) is 4.92. The molecule has 0 aliphatic carbocycles. The van der Waals surface area contributed by atoms with Crippen molar-refractivity contribution >= 4 is 5.69 Å². The molecule has 3 heteroatoms. The van der Waals surface area contributed by atoms with E-state index in [1.54, 1.807) is 12.1 Å². The van der Waals surface area contributed by atoms with Crippen LogP contribution in [0.3, 0.4) is 0 Å². The van der Waals surface area contributed by atoms with Crippen LogP contribution in [0.15, 0.2) is 48.2 Å². The van der Waals surface area contributed by atoms with Crippen LogP contribution in [-0.4, -0.2) is 18.2 Å². The Kier molecular flexibility index (Phi) is 2.74. The van der Waals surface area contributed by atoms with Crippen molar-refractivity contribution in [3.8, 4) is 5.75 Å². The fourth-order valence-electron chi connectivity index (χ4n) is 1.56. The summed E-state index contributed by atoms with van der Waals surface area (Å²) in [7, 11) is 0. The number of anilines is 1. The lowest BCUT2D eigenvalue weighted by Gasteiger charge is -2.23. The maximum atomic E-state index is 9.19. The maximum absolute atomic E-state index is 9.19. The van der Waals surface area contributed by atoms with E-state index in [-0.39, 0.29) is 5.75 Å². The Labute approximate surface area is 89.1 Å². The zero-order chi connectivity index (χ0) is 10.7. The summed E-state index contributed by atoms with van der Waals surface area (Å²) in [6.07, 6.45) is 6.15. The van der Waals surface area contributed by atoms with Crippen LogP contribution < -0.4 is 10.6 Å². The summed E-state index contributed by atoms with van der Waals surface area (Å²) >= 11 is 0. The van der Waals surface area contributed by atoms with Gasteiger partial charge in [0.2, 0.25) is 0 Å². The summed E-state index contributed by atoms with van der Waals surface area (Å²) in [6.45, 7) is 1.39.